The zero-order valence-electron chi connectivity index (χ0n) is 28.1. The number of piperidine rings is 1. The van der Waals surface area contributed by atoms with Crippen LogP contribution in [0.4, 0.5) is 18.9 Å². The molecule has 52 heavy (non-hydrogen) atoms. The van der Waals surface area contributed by atoms with Crippen LogP contribution in [0.1, 0.15) is 95.3 Å². The second kappa shape index (κ2) is 13.4. The van der Waals surface area contributed by atoms with Crippen molar-refractivity contribution in [3.63, 3.8) is 0 Å². The number of amides is 4. The number of nitrogens with one attached hydrogen (secondary N) is 2. The number of ether oxygens (including phenoxy) is 1. The molecule has 0 bridgehead atoms. The summed E-state index contributed by atoms with van der Waals surface area (Å²) >= 11 is 0. The predicted octanol–water partition coefficient (Wildman–Crippen LogP) is 5.65. The van der Waals surface area contributed by atoms with Gasteiger partial charge in [-0.05, 0) is 92.7 Å². The lowest BCUT2D eigenvalue weighted by atomic mass is 9.77. The first kappa shape index (κ1) is 33.9. The van der Waals surface area contributed by atoms with Crippen LogP contribution in [-0.4, -0.2) is 74.1 Å². The Balaban J connectivity index is 0.873. The van der Waals surface area contributed by atoms with Gasteiger partial charge in [0.2, 0.25) is 11.8 Å². The van der Waals surface area contributed by atoms with Gasteiger partial charge in [-0.25, -0.2) is 4.98 Å². The Hall–Kier alpha value is -5.18. The molecular weight excluding hydrogens is 679 g/mol. The number of benzene rings is 2. The third-order valence-corrected chi connectivity index (χ3v) is 10.7. The fourth-order valence-corrected chi connectivity index (χ4v) is 7.78. The van der Waals surface area contributed by atoms with E-state index in [1.165, 1.54) is 17.1 Å². The largest absolute Gasteiger partial charge is 0.435 e. The molecule has 0 radical (unpaired) electrons. The third-order valence-electron chi connectivity index (χ3n) is 10.7. The molecule has 3 aliphatic heterocycles. The van der Waals surface area contributed by atoms with Crippen LogP contribution in [0.3, 0.4) is 0 Å². The number of alkyl halides is 3. The Morgan fingerprint density at radius 2 is 1.71 bits per heavy atom. The Labute approximate surface area is 296 Å². The van der Waals surface area contributed by atoms with Crippen LogP contribution in [0, 0.1) is 5.92 Å². The molecule has 2 aromatic carbocycles. The second-order valence-electron chi connectivity index (χ2n) is 14.0. The molecule has 4 aliphatic rings. The summed E-state index contributed by atoms with van der Waals surface area (Å²) in [7, 11) is 0. The topological polar surface area (TPSA) is 148 Å². The summed E-state index contributed by atoms with van der Waals surface area (Å²) in [5.74, 6) is -1.58. The maximum atomic E-state index is 14.2. The number of aromatic nitrogens is 4. The summed E-state index contributed by atoms with van der Waals surface area (Å²) in [5.41, 5.74) is 2.40. The number of imide groups is 2. The molecule has 0 spiro atoms. The molecule has 4 amide bonds. The van der Waals surface area contributed by atoms with Gasteiger partial charge in [-0.15, -0.1) is 0 Å². The summed E-state index contributed by atoms with van der Waals surface area (Å²) in [6, 6.07) is 9.47. The maximum Gasteiger partial charge on any atom is 0.435 e. The molecule has 2 N–H and O–H groups in total. The van der Waals surface area contributed by atoms with Crippen molar-refractivity contribution in [2.75, 3.05) is 25.1 Å². The SMILES string of the molecule is O=C1CCC(N2C(=O)c3ccc(NCCC[C@H]4C[C@@H](n5cc(-c6cnc7ccc(C8CCOCC8)cc7n6)c(C(F)(F)F)n5)C4)cc3C2=O)C(=O)N1. The lowest BCUT2D eigenvalue weighted by Crippen LogP contribution is -2.54. The van der Waals surface area contributed by atoms with E-state index in [2.05, 4.69) is 25.7 Å². The van der Waals surface area contributed by atoms with E-state index >= 15 is 0 Å². The summed E-state index contributed by atoms with van der Waals surface area (Å²) in [5, 5.41) is 9.48. The molecule has 1 aliphatic carbocycles. The van der Waals surface area contributed by atoms with Gasteiger partial charge in [0.25, 0.3) is 11.8 Å². The van der Waals surface area contributed by atoms with Crippen molar-refractivity contribution in [2.24, 2.45) is 5.92 Å². The standard InChI is InChI=1S/C37H36F3N7O5/c38-37(39,40)33-27(30-18-42-28-6-3-22(16-29(28)43-30)21-9-12-52-13-10-21)19-46(45-33)24-14-20(15-24)2-1-11-41-23-4-5-25-26(17-23)36(51)47(35(25)50)31-7-8-32(48)44-34(31)49/h3-6,16-21,24,31,41H,1-2,7-15H2,(H,44,48,49)/t20-,24+,31?. The van der Waals surface area contributed by atoms with Gasteiger partial charge in [0, 0.05) is 38.1 Å². The van der Waals surface area contributed by atoms with E-state index in [9.17, 15) is 32.3 Å². The minimum Gasteiger partial charge on any atom is -0.385 e. The maximum absolute atomic E-state index is 14.2. The molecule has 5 heterocycles. The molecule has 2 saturated heterocycles. The Kier molecular flexibility index (Phi) is 8.76. The van der Waals surface area contributed by atoms with E-state index in [0.29, 0.717) is 61.2 Å². The average molecular weight is 716 g/mol. The lowest BCUT2D eigenvalue weighted by molar-refractivity contribution is -0.141. The van der Waals surface area contributed by atoms with Gasteiger partial charge in [-0.2, -0.15) is 18.3 Å². The van der Waals surface area contributed by atoms with Crippen LogP contribution in [-0.2, 0) is 20.5 Å². The molecule has 12 nitrogen and oxygen atoms in total. The van der Waals surface area contributed by atoms with Crippen molar-refractivity contribution in [2.45, 2.75) is 75.5 Å². The Morgan fingerprint density at radius 1 is 0.923 bits per heavy atom. The van der Waals surface area contributed by atoms with Crippen molar-refractivity contribution in [3.8, 4) is 11.3 Å². The van der Waals surface area contributed by atoms with Gasteiger partial charge in [-0.3, -0.25) is 39.1 Å². The van der Waals surface area contributed by atoms with Gasteiger partial charge in [0.15, 0.2) is 5.69 Å². The molecule has 8 rings (SSSR count). The predicted molar refractivity (Wildman–Crippen MR) is 181 cm³/mol. The fraction of sp³-hybridized carbons (Fsp3) is 0.432. The minimum absolute atomic E-state index is 0.0502. The van der Waals surface area contributed by atoms with Crippen LogP contribution in [0.5, 0.6) is 0 Å². The van der Waals surface area contributed by atoms with Crippen molar-refractivity contribution < 1.29 is 37.1 Å². The van der Waals surface area contributed by atoms with E-state index in [0.717, 1.165) is 36.1 Å². The third kappa shape index (κ3) is 6.42. The number of halogens is 3. The highest BCUT2D eigenvalue weighted by Crippen LogP contribution is 2.43. The smallest absolute Gasteiger partial charge is 0.385 e. The fourth-order valence-electron chi connectivity index (χ4n) is 7.78. The van der Waals surface area contributed by atoms with E-state index in [1.54, 1.807) is 18.2 Å². The lowest BCUT2D eigenvalue weighted by Gasteiger charge is -2.35. The van der Waals surface area contributed by atoms with Crippen LogP contribution >= 0.6 is 0 Å². The number of carbonyl (C=O) groups excluding carboxylic acids is 4. The first-order chi connectivity index (χ1) is 25.0. The normalized spacial score (nSPS) is 22.4. The van der Waals surface area contributed by atoms with Crippen molar-refractivity contribution in [1.82, 2.24) is 30.0 Å². The first-order valence-corrected chi connectivity index (χ1v) is 17.6. The summed E-state index contributed by atoms with van der Waals surface area (Å²) in [4.78, 5) is 59.9. The number of nitrogens with zero attached hydrogens (tertiary/aromatic N) is 5. The second-order valence-corrected chi connectivity index (χ2v) is 14.0. The highest BCUT2D eigenvalue weighted by molar-refractivity contribution is 6.23. The average Bonchev–Trinajstić information content (AvgIpc) is 3.66. The molecular formula is C37H36F3N7O5. The van der Waals surface area contributed by atoms with Crippen LogP contribution < -0.4 is 10.6 Å². The number of hydrogen-bond acceptors (Lipinski definition) is 9. The number of rotatable bonds is 9. The van der Waals surface area contributed by atoms with Gasteiger partial charge in [0.1, 0.15) is 6.04 Å². The van der Waals surface area contributed by atoms with Crippen molar-refractivity contribution in [1.29, 1.82) is 0 Å². The van der Waals surface area contributed by atoms with Gasteiger partial charge in [-0.1, -0.05) is 6.07 Å². The number of fused-ring (bicyclic) bond motifs is 2. The highest BCUT2D eigenvalue weighted by atomic mass is 19.4. The van der Waals surface area contributed by atoms with E-state index < -0.39 is 41.5 Å². The van der Waals surface area contributed by atoms with E-state index in [1.807, 2.05) is 18.2 Å². The Bertz CT molecular complexity index is 2090. The van der Waals surface area contributed by atoms with Crippen LogP contribution in [0.25, 0.3) is 22.3 Å². The monoisotopic (exact) mass is 715 g/mol. The van der Waals surface area contributed by atoms with Gasteiger partial charge in [0.05, 0.1) is 45.7 Å². The quantitative estimate of drug-likeness (QED) is 0.166. The zero-order valence-corrected chi connectivity index (χ0v) is 28.1. The molecule has 270 valence electrons. The zero-order chi connectivity index (χ0) is 36.1. The summed E-state index contributed by atoms with van der Waals surface area (Å²) in [6.45, 7) is 1.94. The summed E-state index contributed by atoms with van der Waals surface area (Å²) in [6.07, 6.45) is 3.11. The number of hydrogen-bond donors (Lipinski definition) is 2. The molecule has 1 atom stereocenters. The number of anilines is 1. The van der Waals surface area contributed by atoms with Gasteiger partial charge < -0.3 is 10.1 Å². The van der Waals surface area contributed by atoms with Crippen molar-refractivity contribution >= 4 is 40.3 Å². The summed E-state index contributed by atoms with van der Waals surface area (Å²) < 4.78 is 49.5. The van der Waals surface area contributed by atoms with E-state index in [4.69, 9.17) is 4.74 Å². The van der Waals surface area contributed by atoms with Crippen LogP contribution in [0.15, 0.2) is 48.8 Å². The van der Waals surface area contributed by atoms with E-state index in [-0.39, 0.29) is 41.3 Å². The highest BCUT2D eigenvalue weighted by Gasteiger charge is 2.45. The molecule has 1 saturated carbocycles. The molecule has 4 aromatic rings. The Morgan fingerprint density at radius 3 is 2.48 bits per heavy atom. The first-order valence-electron chi connectivity index (χ1n) is 17.6. The molecule has 1 unspecified atom stereocenters. The molecule has 2 aromatic heterocycles. The minimum atomic E-state index is -4.66. The van der Waals surface area contributed by atoms with Crippen LogP contribution in [0.2, 0.25) is 0 Å². The molecule has 15 heteroatoms. The number of carbonyl (C=O) groups is 4. The molecule has 3 fully saturated rings. The van der Waals surface area contributed by atoms with Crippen molar-refractivity contribution in [3.05, 3.63) is 71.2 Å². The van der Waals surface area contributed by atoms with Gasteiger partial charge >= 0.3 is 6.18 Å².